The molecule has 1 saturated carbocycles. The second kappa shape index (κ2) is 9.63. The minimum Gasteiger partial charge on any atom is -0.489 e. The first-order chi connectivity index (χ1) is 16.6. The van der Waals surface area contributed by atoms with Crippen molar-refractivity contribution in [2.75, 3.05) is 24.6 Å². The van der Waals surface area contributed by atoms with E-state index in [1.807, 2.05) is 6.07 Å². The van der Waals surface area contributed by atoms with Crippen molar-refractivity contribution in [3.8, 4) is 11.8 Å². The maximum absolute atomic E-state index is 13.0. The summed E-state index contributed by atoms with van der Waals surface area (Å²) in [5.74, 6) is 1.42. The number of carbonyl (C=O) groups is 1. The van der Waals surface area contributed by atoms with Crippen molar-refractivity contribution in [1.29, 1.82) is 5.26 Å². The van der Waals surface area contributed by atoms with E-state index in [0.29, 0.717) is 22.3 Å². The molecule has 9 heteroatoms. The highest BCUT2D eigenvalue weighted by Gasteiger charge is 2.64. The number of aromatic nitrogens is 2. The monoisotopic (exact) mass is 497 g/mol. The number of carbonyl (C=O) groups excluding carboxylic acids is 1. The number of nitrogens with zero attached hydrogens (tertiary/aromatic N) is 4. The first-order valence-electron chi connectivity index (χ1n) is 11.9. The lowest BCUT2D eigenvalue weighted by Crippen LogP contribution is -2.74. The Morgan fingerprint density at radius 2 is 1.91 bits per heavy atom. The molecule has 1 aliphatic heterocycles. The summed E-state index contributed by atoms with van der Waals surface area (Å²) >= 11 is 6.17. The van der Waals surface area contributed by atoms with Gasteiger partial charge < -0.3 is 20.1 Å². The number of aliphatic hydroxyl groups is 1. The molecule has 0 bridgehead atoms. The Morgan fingerprint density at radius 3 is 2.46 bits per heavy atom. The summed E-state index contributed by atoms with van der Waals surface area (Å²) in [6.07, 6.45) is 4.83. The van der Waals surface area contributed by atoms with Crippen LogP contribution in [0, 0.1) is 28.1 Å². The van der Waals surface area contributed by atoms with Crippen LogP contribution in [0.15, 0.2) is 30.6 Å². The number of nitriles is 1. The van der Waals surface area contributed by atoms with E-state index < -0.39 is 0 Å². The van der Waals surface area contributed by atoms with Gasteiger partial charge in [-0.15, -0.1) is 0 Å². The third kappa shape index (κ3) is 4.80. The fourth-order valence-corrected chi connectivity index (χ4v) is 5.96. The van der Waals surface area contributed by atoms with Gasteiger partial charge in [0.25, 0.3) is 5.91 Å². The van der Waals surface area contributed by atoms with E-state index in [2.05, 4.69) is 47.9 Å². The number of halogens is 1. The van der Waals surface area contributed by atoms with Gasteiger partial charge in [-0.05, 0) is 30.9 Å². The zero-order chi connectivity index (χ0) is 25.4. The number of ether oxygens (including phenoxy) is 1. The molecule has 35 heavy (non-hydrogen) atoms. The van der Waals surface area contributed by atoms with Crippen LogP contribution < -0.4 is 15.0 Å². The number of nitrogens with one attached hydrogen (secondary N) is 1. The molecule has 2 heterocycles. The van der Waals surface area contributed by atoms with Crippen LogP contribution in [0.3, 0.4) is 0 Å². The van der Waals surface area contributed by atoms with Crippen LogP contribution in [0.5, 0.6) is 5.75 Å². The highest BCUT2D eigenvalue weighted by molar-refractivity contribution is 6.31. The van der Waals surface area contributed by atoms with Crippen molar-refractivity contribution in [3.05, 3.63) is 46.9 Å². The summed E-state index contributed by atoms with van der Waals surface area (Å²) < 4.78 is 6.28. The Hall–Kier alpha value is -2.89. The summed E-state index contributed by atoms with van der Waals surface area (Å²) in [7, 11) is 0. The molecule has 0 spiro atoms. The van der Waals surface area contributed by atoms with Crippen LogP contribution in [0.2, 0.25) is 5.02 Å². The van der Waals surface area contributed by atoms with Gasteiger partial charge >= 0.3 is 0 Å². The normalized spacial score (nSPS) is 23.2. The molecule has 2 fully saturated rings. The number of aliphatic hydroxyl groups excluding tert-OH is 1. The summed E-state index contributed by atoms with van der Waals surface area (Å²) in [6.45, 7) is 10.1. The zero-order valence-corrected chi connectivity index (χ0v) is 21.3. The van der Waals surface area contributed by atoms with Crippen molar-refractivity contribution in [2.24, 2.45) is 16.7 Å². The predicted molar refractivity (Wildman–Crippen MR) is 133 cm³/mol. The van der Waals surface area contributed by atoms with Crippen LogP contribution in [0.1, 0.15) is 56.6 Å². The summed E-state index contributed by atoms with van der Waals surface area (Å²) in [5, 5.41) is 21.9. The highest BCUT2D eigenvalue weighted by atomic mass is 35.5. The minimum absolute atomic E-state index is 0.152. The number of piperidine rings is 1. The molecule has 0 atom stereocenters. The Bertz CT molecular complexity index is 1100. The lowest BCUT2D eigenvalue weighted by molar-refractivity contribution is -0.164. The van der Waals surface area contributed by atoms with Gasteiger partial charge in [0.05, 0.1) is 23.0 Å². The Kier molecular flexibility index (Phi) is 6.94. The van der Waals surface area contributed by atoms with Gasteiger partial charge in [-0.1, -0.05) is 39.3 Å². The van der Waals surface area contributed by atoms with Crippen LogP contribution in [-0.4, -0.2) is 52.8 Å². The zero-order valence-electron chi connectivity index (χ0n) is 20.6. The quantitative estimate of drug-likeness (QED) is 0.623. The largest absolute Gasteiger partial charge is 0.489 e. The number of amides is 1. The molecule has 2 aromatic rings. The number of anilines is 1. The van der Waals surface area contributed by atoms with E-state index in [1.165, 1.54) is 6.20 Å². The fraction of sp³-hybridized carbons (Fsp3) is 0.538. The average molecular weight is 498 g/mol. The second-order valence-electron chi connectivity index (χ2n) is 10.7. The van der Waals surface area contributed by atoms with Gasteiger partial charge in [-0.2, -0.15) is 5.26 Å². The Balaban J connectivity index is 1.40. The standard InChI is InChI=1S/C26H32ClN5O3/c1-25(2)23(26(3,4)24(25)35-18-6-5-17(12-28)19(27)11-18)31-22(34)20-13-30-21(14-29-20)32-9-7-16(15-33)8-10-32/h5-6,11,13-14,16,23-24,33H,7-10,15H2,1-4H3,(H,31,34)/t23-,24-. The van der Waals surface area contributed by atoms with E-state index in [0.717, 1.165) is 31.7 Å². The molecule has 186 valence electrons. The van der Waals surface area contributed by atoms with Gasteiger partial charge in [0.1, 0.15) is 29.4 Å². The summed E-state index contributed by atoms with van der Waals surface area (Å²) in [6, 6.07) is 6.94. The second-order valence-corrected chi connectivity index (χ2v) is 11.1. The number of benzene rings is 1. The topological polar surface area (TPSA) is 111 Å². The summed E-state index contributed by atoms with van der Waals surface area (Å²) in [4.78, 5) is 24.0. The molecule has 2 N–H and O–H groups in total. The molecule has 0 unspecified atom stereocenters. The van der Waals surface area contributed by atoms with Crippen molar-refractivity contribution < 1.29 is 14.6 Å². The van der Waals surface area contributed by atoms with E-state index in [-0.39, 0.29) is 41.2 Å². The van der Waals surface area contributed by atoms with Crippen molar-refractivity contribution in [2.45, 2.75) is 52.7 Å². The molecule has 1 saturated heterocycles. The van der Waals surface area contributed by atoms with E-state index in [9.17, 15) is 9.90 Å². The van der Waals surface area contributed by atoms with Crippen molar-refractivity contribution in [3.63, 3.8) is 0 Å². The number of rotatable bonds is 6. The van der Waals surface area contributed by atoms with Crippen LogP contribution in [0.4, 0.5) is 5.82 Å². The average Bonchev–Trinajstić information content (AvgIpc) is 2.85. The lowest BCUT2D eigenvalue weighted by Gasteiger charge is -2.63. The molecular formula is C26H32ClN5O3. The molecule has 2 aliphatic rings. The first-order valence-corrected chi connectivity index (χ1v) is 12.3. The fourth-order valence-electron chi connectivity index (χ4n) is 5.75. The van der Waals surface area contributed by atoms with Crippen LogP contribution in [-0.2, 0) is 0 Å². The van der Waals surface area contributed by atoms with Crippen LogP contribution in [0.25, 0.3) is 0 Å². The van der Waals surface area contributed by atoms with E-state index in [1.54, 1.807) is 24.4 Å². The van der Waals surface area contributed by atoms with Gasteiger partial charge in [-0.3, -0.25) is 4.79 Å². The summed E-state index contributed by atoms with van der Waals surface area (Å²) in [5.41, 5.74) is -0.0413. The number of hydrogen-bond donors (Lipinski definition) is 2. The maximum atomic E-state index is 13.0. The minimum atomic E-state index is -0.357. The first kappa shape index (κ1) is 25.2. The van der Waals surface area contributed by atoms with E-state index >= 15 is 0 Å². The molecule has 4 rings (SSSR count). The van der Waals surface area contributed by atoms with Crippen LogP contribution >= 0.6 is 11.6 Å². The van der Waals surface area contributed by atoms with Gasteiger partial charge in [-0.25, -0.2) is 9.97 Å². The molecule has 1 amide bonds. The van der Waals surface area contributed by atoms with Gasteiger partial charge in [0.15, 0.2) is 0 Å². The lowest BCUT2D eigenvalue weighted by atomic mass is 9.49. The van der Waals surface area contributed by atoms with Crippen molar-refractivity contribution in [1.82, 2.24) is 15.3 Å². The SMILES string of the molecule is CC1(C)[C@H](NC(=O)c2cnc(N3CCC(CO)CC3)cn2)C(C)(C)[C@H]1Oc1ccc(C#N)c(Cl)c1. The van der Waals surface area contributed by atoms with E-state index in [4.69, 9.17) is 21.6 Å². The highest BCUT2D eigenvalue weighted by Crippen LogP contribution is 2.55. The Labute approximate surface area is 211 Å². The predicted octanol–water partition coefficient (Wildman–Crippen LogP) is 3.82. The molecule has 8 nitrogen and oxygen atoms in total. The van der Waals surface area contributed by atoms with Crippen molar-refractivity contribution >= 4 is 23.3 Å². The Morgan fingerprint density at radius 1 is 1.23 bits per heavy atom. The smallest absolute Gasteiger partial charge is 0.271 e. The number of hydrogen-bond acceptors (Lipinski definition) is 7. The third-order valence-corrected chi connectivity index (χ3v) is 7.81. The molecule has 0 radical (unpaired) electrons. The third-order valence-electron chi connectivity index (χ3n) is 7.50. The molecule has 1 aromatic carbocycles. The molecule has 1 aromatic heterocycles. The van der Waals surface area contributed by atoms with Gasteiger partial charge in [0.2, 0.25) is 0 Å². The maximum Gasteiger partial charge on any atom is 0.271 e. The molecule has 1 aliphatic carbocycles. The molecular weight excluding hydrogens is 466 g/mol. The van der Waals surface area contributed by atoms with Gasteiger partial charge in [0, 0.05) is 42.6 Å².